The Hall–Kier alpha value is -6.78. The van der Waals surface area contributed by atoms with Crippen LogP contribution in [-0.4, -0.2) is 71.7 Å². The third kappa shape index (κ3) is 13.7. The highest BCUT2D eigenvalue weighted by Crippen LogP contribution is 2.35. The monoisotopic (exact) mass is 966 g/mol. The second-order valence-corrected chi connectivity index (χ2v) is 17.7. The summed E-state index contributed by atoms with van der Waals surface area (Å²) in [6.45, 7) is 1.66. The van der Waals surface area contributed by atoms with E-state index in [1.807, 2.05) is 60.3 Å². The van der Waals surface area contributed by atoms with Crippen LogP contribution in [0.5, 0.6) is 0 Å². The van der Waals surface area contributed by atoms with Crippen LogP contribution in [0.3, 0.4) is 0 Å². The number of hydrogen-bond acceptors (Lipinski definition) is 8. The molecule has 8 rings (SSSR count). The lowest BCUT2D eigenvalue weighted by Gasteiger charge is -2.29. The number of rotatable bonds is 16. The topological polar surface area (TPSA) is 131 Å². The average Bonchev–Trinajstić information content (AvgIpc) is 3.35. The zero-order valence-corrected chi connectivity index (χ0v) is 39.0. The minimum atomic E-state index is -4.15. The van der Waals surface area contributed by atoms with E-state index in [4.69, 9.17) is 0 Å². The van der Waals surface area contributed by atoms with Gasteiger partial charge in [-0.2, -0.15) is 26.3 Å². The van der Waals surface area contributed by atoms with Crippen molar-refractivity contribution < 1.29 is 46.1 Å². The van der Waals surface area contributed by atoms with Crippen molar-refractivity contribution in [2.24, 2.45) is 0 Å². The van der Waals surface area contributed by atoms with Crippen molar-refractivity contribution in [1.82, 2.24) is 20.6 Å². The lowest BCUT2D eigenvalue weighted by Crippen LogP contribution is -2.30. The molecule has 70 heavy (non-hydrogen) atoms. The summed E-state index contributed by atoms with van der Waals surface area (Å²) in [4.78, 5) is 35.2. The largest absolute Gasteiger partial charge is 0.478 e. The number of hydrogen-bond donors (Lipinski definition) is 4. The van der Waals surface area contributed by atoms with Crippen LogP contribution in [0.4, 0.5) is 49.1 Å². The fraction of sp³-hybridized carbons (Fsp3) is 0.333. The number of anilines is 4. The molecule has 4 N–H and O–H groups in total. The van der Waals surface area contributed by atoms with Gasteiger partial charge in [0.2, 0.25) is 0 Å². The third-order valence-corrected chi connectivity index (χ3v) is 13.1. The standard InChI is InChI=1S/2C27H28F3N3O2/c2*1-33(21-5-2-18(3-6-21)10-13-27(28,29)30)22-7-8-23-19(16-22)11-15-32-25(23)9-4-20-17-31-14-12-24(20)26(34)35/h2*2-3,5-8,12,14,16-17,25,32H,4,9-11,13,15H2,1H3,(H,34,35)/t2*25-/m10/s1. The van der Waals surface area contributed by atoms with Crippen molar-refractivity contribution in [3.63, 3.8) is 0 Å². The van der Waals surface area contributed by atoms with Crippen molar-refractivity contribution in [2.75, 3.05) is 37.0 Å². The molecule has 0 amide bonds. The van der Waals surface area contributed by atoms with Gasteiger partial charge in [-0.1, -0.05) is 36.4 Å². The van der Waals surface area contributed by atoms with Crippen LogP contribution >= 0.6 is 0 Å². The second-order valence-electron chi connectivity index (χ2n) is 17.7. The Morgan fingerprint density at radius 3 is 1.29 bits per heavy atom. The normalized spacial score (nSPS) is 15.5. The number of nitrogens with zero attached hydrogens (tertiary/aromatic N) is 4. The molecular weight excluding hydrogens is 911 g/mol. The summed E-state index contributed by atoms with van der Waals surface area (Å²) in [7, 11) is 3.89. The number of alkyl halides is 6. The van der Waals surface area contributed by atoms with Crippen molar-refractivity contribution in [1.29, 1.82) is 0 Å². The van der Waals surface area contributed by atoms with Gasteiger partial charge < -0.3 is 30.6 Å². The van der Waals surface area contributed by atoms with Crippen molar-refractivity contribution >= 4 is 34.7 Å². The van der Waals surface area contributed by atoms with E-state index in [0.717, 1.165) is 72.6 Å². The molecule has 0 unspecified atom stereocenters. The molecule has 10 nitrogen and oxygen atoms in total. The van der Waals surface area contributed by atoms with E-state index in [1.165, 1.54) is 46.8 Å². The molecule has 0 saturated heterocycles. The van der Waals surface area contributed by atoms with Crippen molar-refractivity contribution in [2.45, 2.75) is 88.6 Å². The first-order valence-electron chi connectivity index (χ1n) is 23.3. The van der Waals surface area contributed by atoms with Gasteiger partial charge in [0.05, 0.1) is 11.1 Å². The van der Waals surface area contributed by atoms with Crippen LogP contribution in [0, 0.1) is 0 Å². The molecule has 6 aromatic rings. The highest BCUT2D eigenvalue weighted by molar-refractivity contribution is 5.89. The summed E-state index contributed by atoms with van der Waals surface area (Å²) >= 11 is 0. The van der Waals surface area contributed by atoms with Crippen LogP contribution < -0.4 is 20.4 Å². The highest BCUT2D eigenvalue weighted by Gasteiger charge is 2.28. The summed E-state index contributed by atoms with van der Waals surface area (Å²) in [6.07, 6.45) is 0.759. The maximum atomic E-state index is 12.5. The number of aromatic carboxylic acids is 2. The zero-order chi connectivity index (χ0) is 50.0. The molecule has 0 saturated carbocycles. The molecule has 0 aliphatic carbocycles. The zero-order valence-electron chi connectivity index (χ0n) is 39.0. The minimum absolute atomic E-state index is 0.0201. The fourth-order valence-corrected chi connectivity index (χ4v) is 9.12. The molecule has 2 aliphatic rings. The van der Waals surface area contributed by atoms with E-state index < -0.39 is 37.1 Å². The summed E-state index contributed by atoms with van der Waals surface area (Å²) in [6, 6.07) is 30.3. The van der Waals surface area contributed by atoms with Crippen LogP contribution in [0.25, 0.3) is 0 Å². The number of benzene rings is 4. The van der Waals surface area contributed by atoms with Crippen molar-refractivity contribution in [3.8, 4) is 0 Å². The van der Waals surface area contributed by atoms with Gasteiger partial charge in [-0.3, -0.25) is 9.97 Å². The first kappa shape index (κ1) is 51.1. The molecule has 2 aliphatic heterocycles. The summed E-state index contributed by atoms with van der Waals surface area (Å²) in [5.74, 6) is -1.89. The fourth-order valence-electron chi connectivity index (χ4n) is 9.12. The first-order chi connectivity index (χ1) is 33.4. The summed E-state index contributed by atoms with van der Waals surface area (Å²) in [5, 5.41) is 25.9. The second kappa shape index (κ2) is 22.8. The molecule has 16 heteroatoms. The number of aromatic nitrogens is 2. The van der Waals surface area contributed by atoms with Gasteiger partial charge >= 0.3 is 24.3 Å². The van der Waals surface area contributed by atoms with E-state index in [0.29, 0.717) is 24.0 Å². The minimum Gasteiger partial charge on any atom is -0.478 e. The Kier molecular flexibility index (Phi) is 16.6. The number of nitrogens with one attached hydrogen (secondary N) is 2. The Balaban J connectivity index is 0.000000206. The number of carboxylic acid groups (broad SMARTS) is 2. The van der Waals surface area contributed by atoms with Crippen LogP contribution in [0.15, 0.2) is 122 Å². The molecule has 0 spiro atoms. The first-order valence-corrected chi connectivity index (χ1v) is 23.3. The SMILES string of the molecule is CN(c1ccc(CCC(F)(F)F)cc1)c1ccc2c(c1)CCN[C@@H]2CCc1cnccc1C(=O)O.CN(c1ccc(CCC(F)(F)F)cc1)c1ccc2c(c1)CCN[C@H]2CCc1cnccc1C(=O)O. The van der Waals surface area contributed by atoms with Crippen LogP contribution in [0.2, 0.25) is 0 Å². The summed E-state index contributed by atoms with van der Waals surface area (Å²) < 4.78 is 74.9. The van der Waals surface area contributed by atoms with Gasteiger partial charge in [0.15, 0.2) is 0 Å². The Labute approximate surface area is 403 Å². The molecule has 0 bridgehead atoms. The van der Waals surface area contributed by atoms with Crippen molar-refractivity contribution in [3.05, 3.63) is 177 Å². The van der Waals surface area contributed by atoms with Gasteiger partial charge in [0, 0.05) is 86.6 Å². The molecule has 368 valence electrons. The van der Waals surface area contributed by atoms with Crippen LogP contribution in [0.1, 0.15) is 103 Å². The quantitative estimate of drug-likeness (QED) is 0.0696. The molecule has 4 heterocycles. The number of carboxylic acids is 2. The van der Waals surface area contributed by atoms with E-state index in [2.05, 4.69) is 44.9 Å². The van der Waals surface area contributed by atoms with Crippen LogP contribution in [-0.2, 0) is 38.5 Å². The molecule has 2 aromatic heterocycles. The van der Waals surface area contributed by atoms with E-state index in [1.54, 1.807) is 36.7 Å². The number of aryl methyl sites for hydroxylation is 4. The number of fused-ring (bicyclic) bond motifs is 2. The number of carbonyl (C=O) groups is 2. The highest BCUT2D eigenvalue weighted by atomic mass is 19.4. The van der Waals surface area contributed by atoms with Gasteiger partial charge in [0.1, 0.15) is 0 Å². The molecular formula is C54H56F6N6O4. The Bertz CT molecular complexity index is 2540. The molecule has 2 atom stereocenters. The van der Waals surface area contributed by atoms with E-state index in [9.17, 15) is 46.1 Å². The molecule has 0 fully saturated rings. The Morgan fingerprint density at radius 1 is 0.557 bits per heavy atom. The van der Waals surface area contributed by atoms with E-state index in [-0.39, 0.29) is 36.1 Å². The molecule has 4 aromatic carbocycles. The maximum Gasteiger partial charge on any atom is 0.389 e. The number of pyridine rings is 2. The Morgan fingerprint density at radius 2 is 0.929 bits per heavy atom. The summed E-state index contributed by atoms with van der Waals surface area (Å²) in [5.41, 5.74) is 12.1. The van der Waals surface area contributed by atoms with Gasteiger partial charge in [-0.25, -0.2) is 9.59 Å². The smallest absolute Gasteiger partial charge is 0.389 e. The van der Waals surface area contributed by atoms with E-state index >= 15 is 0 Å². The lowest BCUT2D eigenvalue weighted by atomic mass is 9.89. The van der Waals surface area contributed by atoms with Gasteiger partial charge in [-0.15, -0.1) is 0 Å². The predicted octanol–water partition coefficient (Wildman–Crippen LogP) is 11.7. The van der Waals surface area contributed by atoms with Gasteiger partial charge in [-0.05, 0) is 170 Å². The third-order valence-electron chi connectivity index (χ3n) is 13.1. The number of halogens is 6. The predicted molar refractivity (Wildman–Crippen MR) is 259 cm³/mol. The lowest BCUT2D eigenvalue weighted by molar-refractivity contribution is -0.134. The average molecular weight is 967 g/mol. The molecule has 0 radical (unpaired) electrons. The maximum absolute atomic E-state index is 12.5. The van der Waals surface area contributed by atoms with Gasteiger partial charge in [0.25, 0.3) is 0 Å².